The molecule has 48 heavy (non-hydrogen) atoms. The third-order valence-electron chi connectivity index (χ3n) is 10.5. The summed E-state index contributed by atoms with van der Waals surface area (Å²) < 4.78 is 11.6. The van der Waals surface area contributed by atoms with Crippen LogP contribution in [-0.4, -0.2) is 78.1 Å². The number of benzene rings is 1. The number of hydrogen-bond donors (Lipinski definition) is 1. The van der Waals surface area contributed by atoms with Crippen LogP contribution in [0.15, 0.2) is 54.6 Å². The van der Waals surface area contributed by atoms with Crippen molar-refractivity contribution >= 4 is 51.0 Å². The number of rotatable bonds is 8. The second-order valence-electron chi connectivity index (χ2n) is 13.6. The van der Waals surface area contributed by atoms with E-state index in [-0.39, 0.29) is 17.6 Å². The van der Waals surface area contributed by atoms with Gasteiger partial charge in [-0.05, 0) is 80.2 Å². The predicted molar refractivity (Wildman–Crippen MR) is 190 cm³/mol. The number of methoxy groups -OCH3 is 1. The molecule has 6 rings (SSSR count). The minimum atomic E-state index is -0.698. The van der Waals surface area contributed by atoms with Gasteiger partial charge in [-0.25, -0.2) is 4.79 Å². The number of morpholine rings is 1. The second-order valence-corrected chi connectivity index (χ2v) is 14.7. The number of amides is 2. The monoisotopic (exact) mass is 673 g/mol. The highest BCUT2D eigenvalue weighted by molar-refractivity contribution is 7.20. The van der Waals surface area contributed by atoms with Gasteiger partial charge in [-0.15, -0.1) is 16.4 Å². The van der Waals surface area contributed by atoms with Crippen molar-refractivity contribution in [3.05, 3.63) is 65.1 Å². The molecule has 4 unspecified atom stereocenters. The standard InChI is InChI=1S/C37H47N5O5S/c1-6-41(37(16-8-7-9-17-37)30-22-25(4)10-15-28(30)24(2)3)34(44)31-23-29-32(39-42(35(29)48-31)36(45)46-5)38-33(43)26-11-13-27(14-12-26)40-18-20-47-21-19-40/h7-9,11-14,16,23-25,28,30H,6,10,15,17-22H2,1-5H3,(H,38,39,43). The van der Waals surface area contributed by atoms with Gasteiger partial charge in [0.05, 0.1) is 36.1 Å². The van der Waals surface area contributed by atoms with Crippen LogP contribution in [0, 0.1) is 23.7 Å². The van der Waals surface area contributed by atoms with Gasteiger partial charge >= 0.3 is 6.09 Å². The Kier molecular flexibility index (Phi) is 10.1. The molecule has 0 bridgehead atoms. The van der Waals surface area contributed by atoms with E-state index in [9.17, 15) is 14.4 Å². The Morgan fingerprint density at radius 3 is 2.54 bits per heavy atom. The van der Waals surface area contributed by atoms with Crippen LogP contribution in [0.2, 0.25) is 0 Å². The number of thiophene rings is 1. The summed E-state index contributed by atoms with van der Waals surface area (Å²) in [7, 11) is 1.28. The van der Waals surface area contributed by atoms with Crippen LogP contribution < -0.4 is 10.2 Å². The Bertz CT molecular complexity index is 1700. The minimum Gasteiger partial charge on any atom is -0.451 e. The lowest BCUT2D eigenvalue weighted by Crippen LogP contribution is -2.58. The Hall–Kier alpha value is -3.96. The normalized spacial score (nSPS) is 24.2. The van der Waals surface area contributed by atoms with Crippen molar-refractivity contribution in [3.8, 4) is 0 Å². The minimum absolute atomic E-state index is 0.0909. The fourth-order valence-electron chi connectivity index (χ4n) is 7.98. The van der Waals surface area contributed by atoms with Gasteiger partial charge in [0.2, 0.25) is 0 Å². The molecule has 10 nitrogen and oxygen atoms in total. The van der Waals surface area contributed by atoms with E-state index in [0.29, 0.717) is 64.1 Å². The fraction of sp³-hybridized carbons (Fsp3) is 0.514. The molecule has 2 aromatic heterocycles. The van der Waals surface area contributed by atoms with Crippen molar-refractivity contribution in [2.75, 3.05) is 50.2 Å². The Balaban J connectivity index is 1.32. The number of allylic oxidation sites excluding steroid dienone is 2. The van der Waals surface area contributed by atoms with E-state index in [2.05, 4.69) is 60.4 Å². The molecule has 1 saturated heterocycles. The van der Waals surface area contributed by atoms with Crippen LogP contribution in [0.5, 0.6) is 0 Å². The molecule has 1 aromatic carbocycles. The molecule has 0 spiro atoms. The molecule has 4 atom stereocenters. The first kappa shape index (κ1) is 33.9. The van der Waals surface area contributed by atoms with E-state index >= 15 is 0 Å². The van der Waals surface area contributed by atoms with Gasteiger partial charge in [0, 0.05) is 30.9 Å². The zero-order valence-corrected chi connectivity index (χ0v) is 29.4. The van der Waals surface area contributed by atoms with Crippen LogP contribution in [0.4, 0.5) is 16.3 Å². The van der Waals surface area contributed by atoms with E-state index in [0.717, 1.165) is 42.7 Å². The Morgan fingerprint density at radius 1 is 1.15 bits per heavy atom. The lowest BCUT2D eigenvalue weighted by molar-refractivity contribution is 0.00277. The summed E-state index contributed by atoms with van der Waals surface area (Å²) >= 11 is 1.20. The summed E-state index contributed by atoms with van der Waals surface area (Å²) in [6.45, 7) is 12.5. The van der Waals surface area contributed by atoms with Gasteiger partial charge < -0.3 is 24.6 Å². The summed E-state index contributed by atoms with van der Waals surface area (Å²) in [5.74, 6) is 1.66. The quantitative estimate of drug-likeness (QED) is 0.269. The first-order chi connectivity index (χ1) is 23.2. The number of aromatic nitrogens is 2. The van der Waals surface area contributed by atoms with E-state index in [1.807, 2.05) is 24.0 Å². The molecule has 3 aromatic rings. The number of anilines is 2. The number of nitrogens with one attached hydrogen (secondary N) is 1. The van der Waals surface area contributed by atoms with Crippen molar-refractivity contribution in [3.63, 3.8) is 0 Å². The number of fused-ring (bicyclic) bond motifs is 1. The number of hydrogen-bond acceptors (Lipinski definition) is 8. The summed E-state index contributed by atoms with van der Waals surface area (Å²) in [6.07, 6.45) is 12.1. The van der Waals surface area contributed by atoms with Gasteiger partial charge in [0.25, 0.3) is 11.8 Å². The van der Waals surface area contributed by atoms with Crippen molar-refractivity contribution < 1.29 is 23.9 Å². The molecule has 2 fully saturated rings. The van der Waals surface area contributed by atoms with Gasteiger partial charge in [-0.1, -0.05) is 51.5 Å². The van der Waals surface area contributed by atoms with Crippen LogP contribution in [0.25, 0.3) is 10.2 Å². The lowest BCUT2D eigenvalue weighted by atomic mass is 9.60. The third-order valence-corrected chi connectivity index (χ3v) is 11.6. The van der Waals surface area contributed by atoms with Crippen LogP contribution >= 0.6 is 11.3 Å². The zero-order valence-electron chi connectivity index (χ0n) is 28.6. The van der Waals surface area contributed by atoms with Gasteiger partial charge in [0.15, 0.2) is 5.82 Å². The first-order valence-electron chi connectivity index (χ1n) is 17.2. The maximum Gasteiger partial charge on any atom is 0.435 e. The van der Waals surface area contributed by atoms with E-state index < -0.39 is 11.6 Å². The molecular formula is C37H47N5O5S. The summed E-state index contributed by atoms with van der Waals surface area (Å²) in [6, 6.07) is 9.15. The van der Waals surface area contributed by atoms with Crippen LogP contribution in [0.3, 0.4) is 0 Å². The van der Waals surface area contributed by atoms with Gasteiger partial charge in [-0.3, -0.25) is 9.59 Å². The molecule has 2 aliphatic carbocycles. The van der Waals surface area contributed by atoms with Crippen molar-refractivity contribution in [1.29, 1.82) is 0 Å². The Labute approximate surface area is 286 Å². The number of nitrogens with zero attached hydrogens (tertiary/aromatic N) is 4. The van der Waals surface area contributed by atoms with Crippen LogP contribution in [0.1, 0.15) is 73.4 Å². The average Bonchev–Trinajstić information content (AvgIpc) is 3.69. The highest BCUT2D eigenvalue weighted by atomic mass is 32.1. The smallest absolute Gasteiger partial charge is 0.435 e. The SMILES string of the molecule is CCN(C(=O)c1cc2c(NC(=O)c3ccc(N4CCOCC4)cc3)nn(C(=O)OC)c2s1)C1(C2CC(C)CCC2C(C)C)C=CC=CC1. The molecule has 0 radical (unpaired) electrons. The van der Waals surface area contributed by atoms with E-state index in [4.69, 9.17) is 9.47 Å². The zero-order chi connectivity index (χ0) is 34.0. The Morgan fingerprint density at radius 2 is 1.90 bits per heavy atom. The number of likely N-dealkylation sites (N-methyl/N-ethyl adjacent to an activating group) is 1. The van der Waals surface area contributed by atoms with E-state index in [1.165, 1.54) is 24.9 Å². The molecule has 3 heterocycles. The maximum atomic E-state index is 14.7. The van der Waals surface area contributed by atoms with Gasteiger partial charge in [-0.2, -0.15) is 4.68 Å². The molecule has 1 N–H and O–H groups in total. The first-order valence-corrected chi connectivity index (χ1v) is 18.0. The summed E-state index contributed by atoms with van der Waals surface area (Å²) in [5, 5.41) is 7.82. The summed E-state index contributed by atoms with van der Waals surface area (Å²) in [4.78, 5) is 46.1. The highest BCUT2D eigenvalue weighted by Crippen LogP contribution is 2.49. The number of carbonyl (C=O) groups excluding carboxylic acids is 3. The summed E-state index contributed by atoms with van der Waals surface area (Å²) in [5.41, 5.74) is 1.02. The van der Waals surface area contributed by atoms with E-state index in [1.54, 1.807) is 18.2 Å². The molecule has 2 amide bonds. The largest absolute Gasteiger partial charge is 0.451 e. The molecule has 3 aliphatic rings. The van der Waals surface area contributed by atoms with Crippen molar-refractivity contribution in [2.45, 2.75) is 58.9 Å². The average molecular weight is 674 g/mol. The lowest BCUT2D eigenvalue weighted by Gasteiger charge is -2.53. The van der Waals surface area contributed by atoms with Crippen molar-refractivity contribution in [2.24, 2.45) is 23.7 Å². The molecular weight excluding hydrogens is 627 g/mol. The molecule has 1 saturated carbocycles. The molecule has 11 heteroatoms. The predicted octanol–water partition coefficient (Wildman–Crippen LogP) is 7.23. The number of carbonyl (C=O) groups is 3. The fourth-order valence-corrected chi connectivity index (χ4v) is 9.03. The highest BCUT2D eigenvalue weighted by Gasteiger charge is 2.49. The maximum absolute atomic E-state index is 14.7. The topological polar surface area (TPSA) is 106 Å². The van der Waals surface area contributed by atoms with Crippen molar-refractivity contribution in [1.82, 2.24) is 14.7 Å². The van der Waals surface area contributed by atoms with Gasteiger partial charge in [0.1, 0.15) is 4.83 Å². The number of ether oxygens (including phenoxy) is 2. The molecule has 1 aliphatic heterocycles. The second kappa shape index (κ2) is 14.3. The molecule has 256 valence electrons. The third kappa shape index (κ3) is 6.42. The van der Waals surface area contributed by atoms with Crippen LogP contribution in [-0.2, 0) is 9.47 Å².